The Kier molecular flexibility index (Phi) is 7.13. The van der Waals surface area contributed by atoms with Crippen molar-refractivity contribution in [1.29, 1.82) is 0 Å². The number of imidazole rings is 1. The Bertz CT molecular complexity index is 920. The first-order chi connectivity index (χ1) is 13.3. The smallest absolute Gasteiger partial charge is 0.190 e. The van der Waals surface area contributed by atoms with Gasteiger partial charge in [-0.25, -0.2) is 4.98 Å². The highest BCUT2D eigenvalue weighted by Crippen LogP contribution is 2.25. The van der Waals surface area contributed by atoms with Crippen LogP contribution >= 0.6 is 24.0 Å². The fourth-order valence-corrected chi connectivity index (χ4v) is 3.36. The summed E-state index contributed by atoms with van der Waals surface area (Å²) in [4.78, 5) is 8.92. The fraction of sp³-hybridized carbons (Fsp3) is 0.333. The number of aromatic nitrogens is 2. The van der Waals surface area contributed by atoms with E-state index in [-0.39, 0.29) is 24.0 Å². The molecule has 6 nitrogen and oxygen atoms in total. The van der Waals surface area contributed by atoms with Gasteiger partial charge in [0.2, 0.25) is 0 Å². The van der Waals surface area contributed by atoms with Crippen molar-refractivity contribution in [1.82, 2.24) is 20.0 Å². The van der Waals surface area contributed by atoms with Crippen LogP contribution in [0.5, 0.6) is 5.75 Å². The lowest BCUT2D eigenvalue weighted by atomic mass is 10.1. The molecule has 0 radical (unpaired) electrons. The molecule has 0 unspecified atom stereocenters. The number of nitrogens with zero attached hydrogens (tertiary/aromatic N) is 3. The van der Waals surface area contributed by atoms with Crippen LogP contribution in [0.4, 0.5) is 0 Å². The highest BCUT2D eigenvalue weighted by Gasteiger charge is 2.11. The number of aliphatic imine (C=N–C) groups is 1. The van der Waals surface area contributed by atoms with Crippen LogP contribution in [0.2, 0.25) is 0 Å². The Morgan fingerprint density at radius 1 is 1.18 bits per heavy atom. The highest BCUT2D eigenvalue weighted by atomic mass is 127. The summed E-state index contributed by atoms with van der Waals surface area (Å²) in [7, 11) is 1.80. The lowest BCUT2D eigenvalue weighted by molar-refractivity contribution is 0.357. The molecule has 1 aliphatic rings. The molecule has 3 aromatic rings. The van der Waals surface area contributed by atoms with Crippen molar-refractivity contribution in [2.75, 3.05) is 26.7 Å². The van der Waals surface area contributed by atoms with E-state index < -0.39 is 0 Å². The second-order valence-corrected chi connectivity index (χ2v) is 6.66. The van der Waals surface area contributed by atoms with Gasteiger partial charge in [0.25, 0.3) is 0 Å². The number of pyridine rings is 1. The van der Waals surface area contributed by atoms with E-state index in [1.165, 1.54) is 11.1 Å². The van der Waals surface area contributed by atoms with E-state index in [0.717, 1.165) is 62.0 Å². The quantitative estimate of drug-likeness (QED) is 0.317. The van der Waals surface area contributed by atoms with Gasteiger partial charge in [-0.15, -0.1) is 24.0 Å². The van der Waals surface area contributed by atoms with Crippen LogP contribution in [0.25, 0.3) is 5.65 Å². The van der Waals surface area contributed by atoms with Gasteiger partial charge < -0.3 is 19.8 Å². The SMILES string of the molecule is CN=C(NCCc1ccc2c(c1)CCO2)NCCc1cn2ccccc2n1.I. The number of hydrogen-bond acceptors (Lipinski definition) is 3. The first kappa shape index (κ1) is 20.4. The number of nitrogens with one attached hydrogen (secondary N) is 2. The standard InChI is InChI=1S/C21H25N5O.HI/c1-22-21(23-10-7-16-5-6-19-17(14-16)9-13-27-19)24-11-8-18-15-26-12-3-2-4-20(26)25-18;/h2-6,12,14-15H,7-11,13H2,1H3,(H2,22,23,24);1H. The number of rotatable bonds is 6. The Morgan fingerprint density at radius 3 is 2.86 bits per heavy atom. The largest absolute Gasteiger partial charge is 0.493 e. The Morgan fingerprint density at radius 2 is 2.04 bits per heavy atom. The van der Waals surface area contributed by atoms with Crippen molar-refractivity contribution in [2.24, 2.45) is 4.99 Å². The number of benzene rings is 1. The molecule has 28 heavy (non-hydrogen) atoms. The number of fused-ring (bicyclic) bond motifs is 2. The van der Waals surface area contributed by atoms with Gasteiger partial charge in [-0.3, -0.25) is 4.99 Å². The van der Waals surface area contributed by atoms with Crippen molar-refractivity contribution < 1.29 is 4.74 Å². The molecule has 148 valence electrons. The summed E-state index contributed by atoms with van der Waals surface area (Å²) in [6, 6.07) is 12.5. The van der Waals surface area contributed by atoms with Crippen molar-refractivity contribution in [3.63, 3.8) is 0 Å². The first-order valence-corrected chi connectivity index (χ1v) is 9.43. The van der Waals surface area contributed by atoms with Gasteiger partial charge in [0.15, 0.2) is 5.96 Å². The van der Waals surface area contributed by atoms with Crippen molar-refractivity contribution >= 4 is 35.6 Å². The highest BCUT2D eigenvalue weighted by molar-refractivity contribution is 14.0. The summed E-state index contributed by atoms with van der Waals surface area (Å²) < 4.78 is 7.61. The first-order valence-electron chi connectivity index (χ1n) is 9.43. The molecule has 2 aromatic heterocycles. The molecule has 0 bridgehead atoms. The van der Waals surface area contributed by atoms with Gasteiger partial charge in [0.05, 0.1) is 12.3 Å². The van der Waals surface area contributed by atoms with Gasteiger partial charge in [-0.1, -0.05) is 18.2 Å². The minimum atomic E-state index is 0. The third kappa shape index (κ3) is 4.95. The second-order valence-electron chi connectivity index (χ2n) is 6.66. The molecule has 1 aromatic carbocycles. The van der Waals surface area contributed by atoms with Crippen LogP contribution in [-0.4, -0.2) is 42.1 Å². The van der Waals surface area contributed by atoms with Gasteiger partial charge in [0.1, 0.15) is 11.4 Å². The number of ether oxygens (including phenoxy) is 1. The van der Waals surface area contributed by atoms with E-state index in [4.69, 9.17) is 4.74 Å². The average molecular weight is 491 g/mol. The third-order valence-corrected chi connectivity index (χ3v) is 4.77. The van der Waals surface area contributed by atoms with Gasteiger partial charge in [-0.2, -0.15) is 0 Å². The third-order valence-electron chi connectivity index (χ3n) is 4.77. The van der Waals surface area contributed by atoms with E-state index in [2.05, 4.69) is 45.0 Å². The van der Waals surface area contributed by atoms with E-state index in [9.17, 15) is 0 Å². The summed E-state index contributed by atoms with van der Waals surface area (Å²) in [5.74, 6) is 1.86. The monoisotopic (exact) mass is 491 g/mol. The van der Waals surface area contributed by atoms with Crippen molar-refractivity contribution in [3.8, 4) is 5.75 Å². The fourth-order valence-electron chi connectivity index (χ4n) is 3.36. The van der Waals surface area contributed by atoms with E-state index in [1.807, 2.05) is 28.8 Å². The van der Waals surface area contributed by atoms with Crippen LogP contribution in [0.3, 0.4) is 0 Å². The molecule has 3 heterocycles. The number of hydrogen-bond donors (Lipinski definition) is 2. The molecule has 0 saturated heterocycles. The zero-order valence-corrected chi connectivity index (χ0v) is 18.3. The number of guanidine groups is 1. The zero-order chi connectivity index (χ0) is 18.5. The van der Waals surface area contributed by atoms with E-state index >= 15 is 0 Å². The predicted octanol–water partition coefficient (Wildman–Crippen LogP) is 2.84. The van der Waals surface area contributed by atoms with Crippen LogP contribution in [0.1, 0.15) is 16.8 Å². The second kappa shape index (κ2) is 9.77. The zero-order valence-electron chi connectivity index (χ0n) is 16.0. The van der Waals surface area contributed by atoms with Crippen LogP contribution < -0.4 is 15.4 Å². The summed E-state index contributed by atoms with van der Waals surface area (Å²) in [5, 5.41) is 6.74. The normalized spacial score (nSPS) is 13.0. The topological polar surface area (TPSA) is 63.0 Å². The molecule has 4 rings (SSSR count). The molecular formula is C21H26IN5O. The maximum Gasteiger partial charge on any atom is 0.190 e. The minimum Gasteiger partial charge on any atom is -0.493 e. The summed E-state index contributed by atoms with van der Waals surface area (Å²) >= 11 is 0. The lowest BCUT2D eigenvalue weighted by Gasteiger charge is -2.11. The van der Waals surface area contributed by atoms with Gasteiger partial charge >= 0.3 is 0 Å². The van der Waals surface area contributed by atoms with E-state index in [0.29, 0.717) is 0 Å². The van der Waals surface area contributed by atoms with Gasteiger partial charge in [0, 0.05) is 45.4 Å². The summed E-state index contributed by atoms with van der Waals surface area (Å²) in [6.45, 7) is 2.44. The molecule has 0 fully saturated rings. The Balaban J connectivity index is 0.00000225. The molecule has 0 amide bonds. The van der Waals surface area contributed by atoms with Crippen molar-refractivity contribution in [3.05, 3.63) is 65.6 Å². The molecule has 2 N–H and O–H groups in total. The van der Waals surface area contributed by atoms with Crippen LogP contribution in [-0.2, 0) is 19.3 Å². The molecule has 7 heteroatoms. The minimum absolute atomic E-state index is 0. The lowest BCUT2D eigenvalue weighted by Crippen LogP contribution is -2.39. The van der Waals surface area contributed by atoms with Crippen molar-refractivity contribution in [2.45, 2.75) is 19.3 Å². The average Bonchev–Trinajstić information content (AvgIpc) is 3.32. The maximum atomic E-state index is 5.56. The Labute approximate surface area is 182 Å². The predicted molar refractivity (Wildman–Crippen MR) is 123 cm³/mol. The Hall–Kier alpha value is -2.29. The van der Waals surface area contributed by atoms with E-state index in [1.54, 1.807) is 7.05 Å². The molecular weight excluding hydrogens is 465 g/mol. The molecule has 0 saturated carbocycles. The summed E-state index contributed by atoms with van der Waals surface area (Å²) in [5.41, 5.74) is 4.70. The van der Waals surface area contributed by atoms with Gasteiger partial charge in [-0.05, 0) is 35.7 Å². The van der Waals surface area contributed by atoms with Crippen LogP contribution in [0.15, 0.2) is 53.8 Å². The number of halogens is 1. The molecule has 1 aliphatic heterocycles. The maximum absolute atomic E-state index is 5.56. The molecule has 0 atom stereocenters. The molecule has 0 spiro atoms. The van der Waals surface area contributed by atoms with Crippen LogP contribution in [0, 0.1) is 0 Å². The summed E-state index contributed by atoms with van der Waals surface area (Å²) in [6.07, 6.45) is 6.92. The molecule has 0 aliphatic carbocycles.